The lowest BCUT2D eigenvalue weighted by Gasteiger charge is -2.10. The molecule has 0 spiro atoms. The maximum atomic E-state index is 6.25. The minimum absolute atomic E-state index is 0.0747. The number of rotatable bonds is 4. The molecule has 1 heteroatoms. The molecule has 2 rings (SSSR count). The van der Waals surface area contributed by atoms with Crippen LogP contribution in [0.1, 0.15) is 56.6 Å². The van der Waals surface area contributed by atoms with Gasteiger partial charge in [-0.05, 0) is 30.9 Å². The molecule has 90 valence electrons. The fourth-order valence-corrected chi connectivity index (χ4v) is 2.05. The van der Waals surface area contributed by atoms with Gasteiger partial charge in [0.2, 0.25) is 0 Å². The average molecular weight is 227 g/mol. The van der Waals surface area contributed by atoms with Crippen molar-refractivity contribution in [1.29, 1.82) is 0 Å². The van der Waals surface area contributed by atoms with Crippen LogP contribution in [0.4, 0.5) is 0 Å². The number of nitrogens with two attached hydrogens (primary N) is 1. The minimum atomic E-state index is -0.0747. The molecule has 1 aliphatic rings. The van der Waals surface area contributed by atoms with E-state index in [0.29, 0.717) is 0 Å². The molecule has 1 fully saturated rings. The topological polar surface area (TPSA) is 26.0 Å². The molecule has 1 aromatic carbocycles. The summed E-state index contributed by atoms with van der Waals surface area (Å²) in [6, 6.07) is 8.33. The summed E-state index contributed by atoms with van der Waals surface area (Å²) in [6.07, 6.45) is 6.93. The lowest BCUT2D eigenvalue weighted by atomic mass is 9.99. The highest BCUT2D eigenvalue weighted by molar-refractivity contribution is 5.47. The highest BCUT2D eigenvalue weighted by Gasteiger charge is 2.41. The van der Waals surface area contributed by atoms with Crippen LogP contribution in [0.3, 0.4) is 0 Å². The molecule has 0 saturated heterocycles. The second-order valence-corrected chi connectivity index (χ2v) is 4.96. The Bertz CT molecular complexity index is 432. The number of unbranched alkanes of at least 4 members (excludes halogenated alkanes) is 3. The third-order valence-electron chi connectivity index (χ3n) is 3.38. The van der Waals surface area contributed by atoms with Gasteiger partial charge >= 0.3 is 0 Å². The van der Waals surface area contributed by atoms with Crippen molar-refractivity contribution in [2.75, 3.05) is 0 Å². The Hall–Kier alpha value is -1.26. The van der Waals surface area contributed by atoms with E-state index in [1.807, 2.05) is 6.07 Å². The van der Waals surface area contributed by atoms with E-state index < -0.39 is 0 Å². The lowest BCUT2D eigenvalue weighted by molar-refractivity contribution is 0.735. The summed E-state index contributed by atoms with van der Waals surface area (Å²) >= 11 is 0. The fraction of sp³-hybridized carbons (Fsp3) is 0.500. The molecule has 0 aliphatic heterocycles. The molecule has 1 nitrogen and oxygen atoms in total. The zero-order valence-corrected chi connectivity index (χ0v) is 10.6. The first-order chi connectivity index (χ1) is 8.26. The van der Waals surface area contributed by atoms with Crippen LogP contribution in [0.5, 0.6) is 0 Å². The molecule has 17 heavy (non-hydrogen) atoms. The third kappa shape index (κ3) is 3.11. The van der Waals surface area contributed by atoms with Crippen molar-refractivity contribution in [3.63, 3.8) is 0 Å². The molecular formula is C16H21N. The SMILES string of the molecule is CCCCCC#Cc1ccccc1C1(N)CC1. The summed E-state index contributed by atoms with van der Waals surface area (Å²) in [5.41, 5.74) is 8.55. The Morgan fingerprint density at radius 2 is 2.00 bits per heavy atom. The maximum Gasteiger partial charge on any atom is 0.0423 e. The van der Waals surface area contributed by atoms with Crippen molar-refractivity contribution in [3.8, 4) is 11.8 Å². The zero-order valence-electron chi connectivity index (χ0n) is 10.6. The minimum Gasteiger partial charge on any atom is -0.321 e. The smallest absolute Gasteiger partial charge is 0.0423 e. The van der Waals surface area contributed by atoms with Gasteiger partial charge in [-0.25, -0.2) is 0 Å². The summed E-state index contributed by atoms with van der Waals surface area (Å²) in [7, 11) is 0. The summed E-state index contributed by atoms with van der Waals surface area (Å²) < 4.78 is 0. The van der Waals surface area contributed by atoms with Crippen molar-refractivity contribution in [2.45, 2.75) is 51.0 Å². The van der Waals surface area contributed by atoms with Gasteiger partial charge in [0.1, 0.15) is 0 Å². The van der Waals surface area contributed by atoms with Crippen LogP contribution in [0.15, 0.2) is 24.3 Å². The standard InChI is InChI=1S/C16H21N/c1-2-3-4-5-6-9-14-10-7-8-11-15(14)16(17)12-13-16/h7-8,10-11H,2-5,12-13,17H2,1H3. The van der Waals surface area contributed by atoms with E-state index >= 15 is 0 Å². The van der Waals surface area contributed by atoms with Gasteiger partial charge in [0, 0.05) is 17.5 Å². The Morgan fingerprint density at radius 1 is 1.24 bits per heavy atom. The van der Waals surface area contributed by atoms with Crippen molar-refractivity contribution in [3.05, 3.63) is 35.4 Å². The highest BCUT2D eigenvalue weighted by atomic mass is 14.8. The molecule has 1 aromatic rings. The van der Waals surface area contributed by atoms with Crippen LogP contribution >= 0.6 is 0 Å². The van der Waals surface area contributed by atoms with E-state index in [0.717, 1.165) is 24.8 Å². The van der Waals surface area contributed by atoms with Gasteiger partial charge in [-0.3, -0.25) is 0 Å². The predicted molar refractivity (Wildman–Crippen MR) is 72.6 cm³/mol. The van der Waals surface area contributed by atoms with Crippen molar-refractivity contribution < 1.29 is 0 Å². The summed E-state index contributed by atoms with van der Waals surface area (Å²) in [5, 5.41) is 0. The first-order valence-corrected chi connectivity index (χ1v) is 6.63. The molecule has 1 aliphatic carbocycles. The van der Waals surface area contributed by atoms with Crippen LogP contribution < -0.4 is 5.73 Å². The van der Waals surface area contributed by atoms with Gasteiger partial charge in [0.15, 0.2) is 0 Å². The molecule has 0 bridgehead atoms. The molecule has 0 heterocycles. The van der Waals surface area contributed by atoms with Gasteiger partial charge in [-0.1, -0.05) is 49.8 Å². The van der Waals surface area contributed by atoms with Gasteiger partial charge in [-0.15, -0.1) is 0 Å². The first kappa shape index (κ1) is 12.2. The number of benzene rings is 1. The average Bonchev–Trinajstić information content (AvgIpc) is 3.09. The lowest BCUT2D eigenvalue weighted by Crippen LogP contribution is -2.19. The van der Waals surface area contributed by atoms with Crippen LogP contribution in [0.25, 0.3) is 0 Å². The number of hydrogen-bond acceptors (Lipinski definition) is 1. The molecule has 0 aromatic heterocycles. The Kier molecular flexibility index (Phi) is 3.86. The Balaban J connectivity index is 2.05. The van der Waals surface area contributed by atoms with Gasteiger partial charge in [0.25, 0.3) is 0 Å². The largest absolute Gasteiger partial charge is 0.321 e. The van der Waals surface area contributed by atoms with Crippen LogP contribution in [0.2, 0.25) is 0 Å². The van der Waals surface area contributed by atoms with E-state index in [4.69, 9.17) is 5.73 Å². The zero-order chi connectivity index (χ0) is 12.1. The Labute approximate surface area is 104 Å². The number of hydrogen-bond donors (Lipinski definition) is 1. The summed E-state index contributed by atoms with van der Waals surface area (Å²) in [4.78, 5) is 0. The molecule has 0 unspecified atom stereocenters. The summed E-state index contributed by atoms with van der Waals surface area (Å²) in [6.45, 7) is 2.22. The fourth-order valence-electron chi connectivity index (χ4n) is 2.05. The normalized spacial score (nSPS) is 16.1. The Morgan fingerprint density at radius 3 is 2.71 bits per heavy atom. The second-order valence-electron chi connectivity index (χ2n) is 4.96. The quantitative estimate of drug-likeness (QED) is 0.617. The van der Waals surface area contributed by atoms with Crippen molar-refractivity contribution >= 4 is 0 Å². The van der Waals surface area contributed by atoms with Crippen molar-refractivity contribution in [1.82, 2.24) is 0 Å². The van der Waals surface area contributed by atoms with Crippen molar-refractivity contribution in [2.24, 2.45) is 5.73 Å². The monoisotopic (exact) mass is 227 g/mol. The van der Waals surface area contributed by atoms with E-state index in [9.17, 15) is 0 Å². The van der Waals surface area contributed by atoms with Gasteiger partial charge in [-0.2, -0.15) is 0 Å². The van der Waals surface area contributed by atoms with E-state index in [1.165, 1.54) is 24.8 Å². The molecule has 0 radical (unpaired) electrons. The van der Waals surface area contributed by atoms with Gasteiger partial charge in [0.05, 0.1) is 0 Å². The molecule has 1 saturated carbocycles. The summed E-state index contributed by atoms with van der Waals surface area (Å²) in [5.74, 6) is 6.56. The molecule has 2 N–H and O–H groups in total. The first-order valence-electron chi connectivity index (χ1n) is 6.63. The van der Waals surface area contributed by atoms with Crippen LogP contribution in [0, 0.1) is 11.8 Å². The highest BCUT2D eigenvalue weighted by Crippen LogP contribution is 2.43. The van der Waals surface area contributed by atoms with Gasteiger partial charge < -0.3 is 5.73 Å². The van der Waals surface area contributed by atoms with E-state index in [2.05, 4.69) is 37.0 Å². The molecular weight excluding hydrogens is 206 g/mol. The van der Waals surface area contributed by atoms with E-state index in [1.54, 1.807) is 0 Å². The van der Waals surface area contributed by atoms with Crippen LogP contribution in [-0.4, -0.2) is 0 Å². The van der Waals surface area contributed by atoms with E-state index in [-0.39, 0.29) is 5.54 Å². The maximum absolute atomic E-state index is 6.25. The molecule has 0 atom stereocenters. The predicted octanol–water partition coefficient (Wildman–Crippen LogP) is 3.57. The second kappa shape index (κ2) is 5.38. The molecule has 0 amide bonds. The third-order valence-corrected chi connectivity index (χ3v) is 3.38. The van der Waals surface area contributed by atoms with Crippen LogP contribution in [-0.2, 0) is 5.54 Å².